The van der Waals surface area contributed by atoms with Crippen molar-refractivity contribution in [1.82, 2.24) is 19.6 Å². The van der Waals surface area contributed by atoms with Crippen molar-refractivity contribution in [1.29, 1.82) is 0 Å². The molecule has 0 amide bonds. The lowest BCUT2D eigenvalue weighted by molar-refractivity contribution is -0.136. The summed E-state index contributed by atoms with van der Waals surface area (Å²) < 4.78 is 55.1. The summed E-state index contributed by atoms with van der Waals surface area (Å²) in [6.07, 6.45) is -0.287. The molecule has 0 N–H and O–H groups in total. The first-order valence-corrected chi connectivity index (χ1v) is 10.6. The van der Waals surface area contributed by atoms with Crippen molar-refractivity contribution >= 4 is 11.3 Å². The predicted molar refractivity (Wildman–Crippen MR) is 113 cm³/mol. The van der Waals surface area contributed by atoms with E-state index in [4.69, 9.17) is 9.47 Å². The minimum absolute atomic E-state index is 0.0675. The van der Waals surface area contributed by atoms with Gasteiger partial charge in [0.15, 0.2) is 11.5 Å². The minimum atomic E-state index is -4.57. The molecule has 0 aromatic carbocycles. The number of halogens is 3. The van der Waals surface area contributed by atoms with Gasteiger partial charge in [-0.3, -0.25) is 4.40 Å². The summed E-state index contributed by atoms with van der Waals surface area (Å²) >= 11 is 0. The number of pyridine rings is 2. The molecule has 3 aromatic heterocycles. The lowest BCUT2D eigenvalue weighted by Crippen LogP contribution is -2.39. The van der Waals surface area contributed by atoms with Gasteiger partial charge in [-0.15, -0.1) is 10.2 Å². The van der Waals surface area contributed by atoms with Crippen molar-refractivity contribution in [3.05, 3.63) is 47.5 Å². The molecule has 0 atom stereocenters. The Morgan fingerprint density at radius 3 is 2.56 bits per heavy atom. The van der Waals surface area contributed by atoms with E-state index in [9.17, 15) is 13.2 Å². The molecule has 1 aliphatic heterocycles. The van der Waals surface area contributed by atoms with E-state index in [2.05, 4.69) is 15.2 Å². The number of aryl methyl sites for hydroxylation is 1. The first kappa shape index (κ1) is 22.3. The van der Waals surface area contributed by atoms with Crippen LogP contribution in [-0.4, -0.2) is 44.9 Å². The first-order chi connectivity index (χ1) is 15.2. The van der Waals surface area contributed by atoms with Crippen LogP contribution in [0.4, 0.5) is 18.9 Å². The summed E-state index contributed by atoms with van der Waals surface area (Å²) in [6, 6.07) is 5.24. The average molecular weight is 449 g/mol. The van der Waals surface area contributed by atoms with Gasteiger partial charge in [0.25, 0.3) is 0 Å². The lowest BCUT2D eigenvalue weighted by Gasteiger charge is -2.35. The molecule has 0 spiro atoms. The molecule has 4 rings (SSSR count). The zero-order valence-electron chi connectivity index (χ0n) is 18.3. The molecule has 1 fully saturated rings. The van der Waals surface area contributed by atoms with Gasteiger partial charge in [-0.25, -0.2) is 4.98 Å². The van der Waals surface area contributed by atoms with Crippen LogP contribution in [0.25, 0.3) is 5.65 Å². The largest absolute Gasteiger partial charge is 0.474 e. The van der Waals surface area contributed by atoms with Crippen LogP contribution in [0.15, 0.2) is 30.6 Å². The van der Waals surface area contributed by atoms with Crippen LogP contribution in [0.2, 0.25) is 0 Å². The first-order valence-electron chi connectivity index (χ1n) is 10.6. The summed E-state index contributed by atoms with van der Waals surface area (Å²) in [7, 11) is 0. The van der Waals surface area contributed by atoms with Gasteiger partial charge in [0.05, 0.1) is 11.8 Å². The van der Waals surface area contributed by atoms with Crippen LogP contribution < -0.4 is 9.64 Å². The molecule has 4 heterocycles. The molecular formula is C22H26F3N5O2. The Morgan fingerprint density at radius 2 is 1.91 bits per heavy atom. The molecule has 3 aromatic rings. The number of alkyl halides is 3. The molecule has 1 aliphatic rings. The van der Waals surface area contributed by atoms with E-state index in [0.29, 0.717) is 37.6 Å². The summed E-state index contributed by atoms with van der Waals surface area (Å²) in [5.41, 5.74) is 0.0630. The van der Waals surface area contributed by atoms with Crippen LogP contribution in [0.3, 0.4) is 0 Å². The predicted octanol–water partition coefficient (Wildman–Crippen LogP) is 4.42. The maximum absolute atomic E-state index is 14.1. The highest BCUT2D eigenvalue weighted by molar-refractivity contribution is 5.67. The van der Waals surface area contributed by atoms with Crippen molar-refractivity contribution in [2.45, 2.75) is 58.6 Å². The van der Waals surface area contributed by atoms with Gasteiger partial charge in [-0.05, 0) is 32.9 Å². The number of ether oxygens (including phenoxy) is 2. The average Bonchev–Trinajstić information content (AvgIpc) is 3.16. The summed E-state index contributed by atoms with van der Waals surface area (Å²) in [5, 5.41) is 7.79. The molecular weight excluding hydrogens is 423 g/mol. The third kappa shape index (κ3) is 4.64. The fraction of sp³-hybridized carbons (Fsp3) is 0.500. The molecule has 32 heavy (non-hydrogen) atoms. The SMILES string of the molecule is Cc1cccnc1OC1CCN(c2ccn3c(COC(C)C)nnc3c2C(F)(F)F)CC1. The van der Waals surface area contributed by atoms with Gasteiger partial charge in [0.2, 0.25) is 5.88 Å². The van der Waals surface area contributed by atoms with Crippen molar-refractivity contribution in [2.75, 3.05) is 18.0 Å². The Bertz CT molecular complexity index is 1080. The minimum Gasteiger partial charge on any atom is -0.474 e. The van der Waals surface area contributed by atoms with Crippen molar-refractivity contribution in [3.8, 4) is 5.88 Å². The summed E-state index contributed by atoms with van der Waals surface area (Å²) in [5.74, 6) is 0.909. The molecule has 0 bridgehead atoms. The van der Waals surface area contributed by atoms with E-state index in [0.717, 1.165) is 5.56 Å². The van der Waals surface area contributed by atoms with Crippen LogP contribution in [-0.2, 0) is 17.5 Å². The number of nitrogens with zero attached hydrogens (tertiary/aromatic N) is 5. The number of hydrogen-bond donors (Lipinski definition) is 0. The maximum Gasteiger partial charge on any atom is 0.422 e. The van der Waals surface area contributed by atoms with Gasteiger partial charge in [0, 0.05) is 43.9 Å². The van der Waals surface area contributed by atoms with Gasteiger partial charge in [-0.1, -0.05) is 6.07 Å². The van der Waals surface area contributed by atoms with E-state index < -0.39 is 11.7 Å². The highest BCUT2D eigenvalue weighted by Crippen LogP contribution is 2.40. The standard InChI is InChI=1S/C22H26F3N5O2/c1-14(2)31-13-18-27-28-20-19(22(23,24)25)17(8-12-30(18)20)29-10-6-16(7-11-29)32-21-15(3)5-4-9-26-21/h4-5,8-9,12,14,16H,6-7,10-11,13H2,1-3H3. The Morgan fingerprint density at radius 1 is 1.16 bits per heavy atom. The highest BCUT2D eigenvalue weighted by Gasteiger charge is 2.39. The Hall–Kier alpha value is -2.88. The van der Waals surface area contributed by atoms with E-state index in [1.165, 1.54) is 10.5 Å². The van der Waals surface area contributed by atoms with Crippen molar-refractivity contribution in [2.24, 2.45) is 0 Å². The van der Waals surface area contributed by atoms with Gasteiger partial charge in [0.1, 0.15) is 18.3 Å². The number of anilines is 1. The van der Waals surface area contributed by atoms with Crippen molar-refractivity contribution < 1.29 is 22.6 Å². The van der Waals surface area contributed by atoms with E-state index in [1.54, 1.807) is 17.3 Å². The second kappa shape index (κ2) is 8.93. The van der Waals surface area contributed by atoms with Crippen molar-refractivity contribution in [3.63, 3.8) is 0 Å². The van der Waals surface area contributed by atoms with Crippen LogP contribution in [0.5, 0.6) is 5.88 Å². The number of fused-ring (bicyclic) bond motifs is 1. The van der Waals surface area contributed by atoms with Crippen LogP contribution in [0.1, 0.15) is 43.6 Å². The van der Waals surface area contributed by atoms with Gasteiger partial charge < -0.3 is 14.4 Å². The zero-order valence-corrected chi connectivity index (χ0v) is 18.3. The Labute approximate surface area is 184 Å². The van der Waals surface area contributed by atoms with E-state index >= 15 is 0 Å². The number of aromatic nitrogens is 4. The molecule has 0 aliphatic carbocycles. The van der Waals surface area contributed by atoms with Gasteiger partial charge >= 0.3 is 6.18 Å². The van der Waals surface area contributed by atoms with E-state index in [1.807, 2.05) is 32.9 Å². The van der Waals surface area contributed by atoms with Gasteiger partial charge in [-0.2, -0.15) is 13.2 Å². The fourth-order valence-electron chi connectivity index (χ4n) is 3.84. The number of piperidine rings is 1. The molecule has 10 heteroatoms. The molecule has 0 radical (unpaired) electrons. The second-order valence-corrected chi connectivity index (χ2v) is 8.17. The Kier molecular flexibility index (Phi) is 6.23. The van der Waals surface area contributed by atoms with E-state index in [-0.39, 0.29) is 30.1 Å². The lowest BCUT2D eigenvalue weighted by atomic mass is 10.1. The smallest absolute Gasteiger partial charge is 0.422 e. The topological polar surface area (TPSA) is 64.8 Å². The molecule has 172 valence electrons. The maximum atomic E-state index is 14.1. The molecule has 1 saturated heterocycles. The Balaban J connectivity index is 1.56. The molecule has 7 nitrogen and oxygen atoms in total. The zero-order chi connectivity index (χ0) is 22.9. The highest BCUT2D eigenvalue weighted by atomic mass is 19.4. The third-order valence-electron chi connectivity index (χ3n) is 5.48. The normalized spacial score (nSPS) is 15.7. The fourth-order valence-corrected chi connectivity index (χ4v) is 3.84. The molecule has 0 saturated carbocycles. The van der Waals surface area contributed by atoms with Crippen LogP contribution in [0, 0.1) is 6.92 Å². The second-order valence-electron chi connectivity index (χ2n) is 8.17. The quantitative estimate of drug-likeness (QED) is 0.555. The number of hydrogen-bond acceptors (Lipinski definition) is 6. The molecule has 0 unspecified atom stereocenters. The monoisotopic (exact) mass is 449 g/mol. The number of rotatable bonds is 6. The third-order valence-corrected chi connectivity index (χ3v) is 5.48. The van der Waals surface area contributed by atoms with Crippen LogP contribution >= 0.6 is 0 Å². The summed E-state index contributed by atoms with van der Waals surface area (Å²) in [4.78, 5) is 5.99. The summed E-state index contributed by atoms with van der Waals surface area (Å²) in [6.45, 7) is 6.59.